The highest BCUT2D eigenvalue weighted by Crippen LogP contribution is 2.37. The minimum atomic E-state index is -3.09. The predicted molar refractivity (Wildman–Crippen MR) is 112 cm³/mol. The maximum Gasteiger partial charge on any atom is 0.259 e. The van der Waals surface area contributed by atoms with E-state index in [0.29, 0.717) is 12.0 Å². The van der Waals surface area contributed by atoms with Crippen molar-refractivity contribution in [2.75, 3.05) is 23.0 Å². The van der Waals surface area contributed by atoms with E-state index in [1.807, 2.05) is 35.2 Å². The highest BCUT2D eigenvalue weighted by Gasteiger charge is 2.40. The summed E-state index contributed by atoms with van der Waals surface area (Å²) in [7, 11) is -3.09. The molecule has 152 valence electrons. The van der Waals surface area contributed by atoms with E-state index < -0.39 is 9.84 Å². The van der Waals surface area contributed by atoms with E-state index in [2.05, 4.69) is 0 Å². The maximum atomic E-state index is 13.4. The van der Waals surface area contributed by atoms with Crippen molar-refractivity contribution in [3.8, 4) is 0 Å². The smallest absolute Gasteiger partial charge is 0.259 e. The van der Waals surface area contributed by atoms with Crippen LogP contribution in [0.4, 0.5) is 5.69 Å². The maximum absolute atomic E-state index is 13.4. The normalized spacial score (nSPS) is 23.2. The van der Waals surface area contributed by atoms with Gasteiger partial charge in [0.2, 0.25) is 5.91 Å². The summed E-state index contributed by atoms with van der Waals surface area (Å²) in [5.74, 6) is -0.117. The number of carbonyl (C=O) groups excluding carboxylic acids is 2. The quantitative estimate of drug-likeness (QED) is 0.774. The van der Waals surface area contributed by atoms with Crippen LogP contribution in [0.25, 0.3) is 10.8 Å². The number of hydrogen-bond donors (Lipinski definition) is 0. The molecule has 1 atom stereocenters. The number of rotatable bonds is 4. The third kappa shape index (κ3) is 3.12. The largest absolute Gasteiger partial charge is 0.334 e. The van der Waals surface area contributed by atoms with Crippen LogP contribution in [0.1, 0.15) is 42.5 Å². The third-order valence-electron chi connectivity index (χ3n) is 6.55. The molecule has 2 fully saturated rings. The molecule has 0 aromatic heterocycles. The Kier molecular flexibility index (Phi) is 4.38. The molecular weight excluding hydrogens is 388 g/mol. The van der Waals surface area contributed by atoms with Crippen LogP contribution in [0.15, 0.2) is 36.4 Å². The van der Waals surface area contributed by atoms with Gasteiger partial charge in [-0.3, -0.25) is 14.5 Å². The molecule has 0 N–H and O–H groups in total. The molecule has 0 spiro atoms. The first-order chi connectivity index (χ1) is 13.9. The van der Waals surface area contributed by atoms with Gasteiger partial charge in [-0.05, 0) is 36.8 Å². The number of nitrogens with zero attached hydrogens (tertiary/aromatic N) is 2. The van der Waals surface area contributed by atoms with E-state index in [1.54, 1.807) is 11.0 Å². The molecule has 5 rings (SSSR count). The number of carbonyl (C=O) groups is 2. The zero-order chi connectivity index (χ0) is 20.2. The highest BCUT2D eigenvalue weighted by atomic mass is 32.2. The second-order valence-corrected chi connectivity index (χ2v) is 10.6. The van der Waals surface area contributed by atoms with Crippen molar-refractivity contribution in [3.63, 3.8) is 0 Å². The van der Waals surface area contributed by atoms with Crippen LogP contribution in [0, 0.1) is 0 Å². The summed E-state index contributed by atoms with van der Waals surface area (Å²) < 4.78 is 24.1. The first kappa shape index (κ1) is 18.6. The Morgan fingerprint density at radius 3 is 2.45 bits per heavy atom. The van der Waals surface area contributed by atoms with Crippen molar-refractivity contribution in [2.24, 2.45) is 0 Å². The van der Waals surface area contributed by atoms with Gasteiger partial charge in [0.15, 0.2) is 9.84 Å². The SMILES string of the molecule is O=C1c2cccc3cccc(c23)N1CC(=O)N(C1CCCC1)[C@@H]1CCS(=O)(=O)C1. The second kappa shape index (κ2) is 6.83. The molecule has 7 heteroatoms. The lowest BCUT2D eigenvalue weighted by atomic mass is 10.1. The van der Waals surface area contributed by atoms with E-state index in [4.69, 9.17) is 0 Å². The zero-order valence-corrected chi connectivity index (χ0v) is 17.0. The van der Waals surface area contributed by atoms with E-state index in [9.17, 15) is 18.0 Å². The lowest BCUT2D eigenvalue weighted by molar-refractivity contribution is -0.134. The molecule has 1 saturated carbocycles. The molecule has 0 unspecified atom stereocenters. The first-order valence-electron chi connectivity index (χ1n) is 10.3. The summed E-state index contributed by atoms with van der Waals surface area (Å²) >= 11 is 0. The van der Waals surface area contributed by atoms with Gasteiger partial charge in [-0.25, -0.2) is 8.42 Å². The number of sulfone groups is 1. The van der Waals surface area contributed by atoms with Gasteiger partial charge in [-0.15, -0.1) is 0 Å². The number of hydrogen-bond acceptors (Lipinski definition) is 4. The minimum absolute atomic E-state index is 0.0407. The summed E-state index contributed by atoms with van der Waals surface area (Å²) in [5.41, 5.74) is 1.39. The lowest BCUT2D eigenvalue weighted by Crippen LogP contribution is -2.51. The van der Waals surface area contributed by atoms with Gasteiger partial charge in [-0.1, -0.05) is 37.1 Å². The third-order valence-corrected chi connectivity index (χ3v) is 8.30. The molecule has 2 heterocycles. The van der Waals surface area contributed by atoms with Crippen LogP contribution in [-0.2, 0) is 14.6 Å². The van der Waals surface area contributed by atoms with Gasteiger partial charge in [0, 0.05) is 23.0 Å². The van der Waals surface area contributed by atoms with Crippen molar-refractivity contribution < 1.29 is 18.0 Å². The Hall–Kier alpha value is -2.41. The minimum Gasteiger partial charge on any atom is -0.334 e. The molecule has 0 bridgehead atoms. The van der Waals surface area contributed by atoms with Gasteiger partial charge in [-0.2, -0.15) is 0 Å². The Bertz CT molecular complexity index is 1100. The van der Waals surface area contributed by atoms with Crippen LogP contribution in [0.2, 0.25) is 0 Å². The van der Waals surface area contributed by atoms with E-state index in [0.717, 1.165) is 42.1 Å². The van der Waals surface area contributed by atoms with Crippen LogP contribution in [0.5, 0.6) is 0 Å². The lowest BCUT2D eigenvalue weighted by Gasteiger charge is -2.35. The van der Waals surface area contributed by atoms with E-state index >= 15 is 0 Å². The molecular formula is C22H24N2O4S. The number of anilines is 1. The highest BCUT2D eigenvalue weighted by molar-refractivity contribution is 7.91. The average molecular weight is 413 g/mol. The van der Waals surface area contributed by atoms with Crippen LogP contribution < -0.4 is 4.90 Å². The fourth-order valence-corrected chi connectivity index (χ4v) is 6.95. The van der Waals surface area contributed by atoms with Crippen molar-refractivity contribution in [3.05, 3.63) is 42.0 Å². The van der Waals surface area contributed by atoms with Crippen molar-refractivity contribution >= 4 is 38.1 Å². The molecule has 6 nitrogen and oxygen atoms in total. The fraction of sp³-hybridized carbons (Fsp3) is 0.455. The summed E-state index contributed by atoms with van der Waals surface area (Å²) in [6, 6.07) is 11.2. The predicted octanol–water partition coefficient (Wildman–Crippen LogP) is 2.76. The summed E-state index contributed by atoms with van der Waals surface area (Å²) in [6.45, 7) is -0.0420. The summed E-state index contributed by atoms with van der Waals surface area (Å²) in [5, 5.41) is 1.88. The Labute approximate surface area is 170 Å². The monoisotopic (exact) mass is 412 g/mol. The van der Waals surface area contributed by atoms with Gasteiger partial charge in [0.05, 0.1) is 17.2 Å². The molecule has 0 radical (unpaired) electrons. The van der Waals surface area contributed by atoms with Gasteiger partial charge in [0.1, 0.15) is 6.54 Å². The van der Waals surface area contributed by atoms with E-state index in [1.165, 1.54) is 0 Å². The Balaban J connectivity index is 1.45. The van der Waals surface area contributed by atoms with E-state index in [-0.39, 0.29) is 41.9 Å². The van der Waals surface area contributed by atoms with Crippen LogP contribution >= 0.6 is 0 Å². The van der Waals surface area contributed by atoms with Crippen molar-refractivity contribution in [2.45, 2.75) is 44.2 Å². The molecule has 29 heavy (non-hydrogen) atoms. The molecule has 1 aliphatic carbocycles. The van der Waals surface area contributed by atoms with Crippen molar-refractivity contribution in [1.82, 2.24) is 4.90 Å². The van der Waals surface area contributed by atoms with Crippen molar-refractivity contribution in [1.29, 1.82) is 0 Å². The first-order valence-corrected chi connectivity index (χ1v) is 12.1. The molecule has 2 amide bonds. The molecule has 2 aromatic carbocycles. The number of amides is 2. The zero-order valence-electron chi connectivity index (χ0n) is 16.2. The number of benzene rings is 2. The molecule has 1 saturated heterocycles. The van der Waals surface area contributed by atoms with Gasteiger partial charge >= 0.3 is 0 Å². The molecule has 2 aromatic rings. The fourth-order valence-electron chi connectivity index (χ4n) is 5.24. The van der Waals surface area contributed by atoms with Gasteiger partial charge < -0.3 is 4.90 Å². The topological polar surface area (TPSA) is 74.8 Å². The molecule has 2 aliphatic heterocycles. The molecule has 3 aliphatic rings. The summed E-state index contributed by atoms with van der Waals surface area (Å²) in [6.07, 6.45) is 4.43. The average Bonchev–Trinajstić information content (AvgIpc) is 3.40. The Morgan fingerprint density at radius 1 is 1.03 bits per heavy atom. The van der Waals surface area contributed by atoms with Crippen LogP contribution in [0.3, 0.4) is 0 Å². The Morgan fingerprint density at radius 2 is 1.76 bits per heavy atom. The van der Waals surface area contributed by atoms with Gasteiger partial charge in [0.25, 0.3) is 5.91 Å². The summed E-state index contributed by atoms with van der Waals surface area (Å²) in [4.78, 5) is 29.9. The second-order valence-electron chi connectivity index (χ2n) is 8.37. The van der Waals surface area contributed by atoms with Crippen LogP contribution in [-0.4, -0.2) is 55.3 Å². The standard InChI is InChI=1S/C22H24N2O4S/c25-20(24(16-7-1-2-8-16)17-11-12-29(27,28)14-17)13-23-19-10-4-6-15-5-3-9-18(21(15)19)22(23)26/h3-6,9-10,16-17H,1-2,7-8,11-14H2/t17-/m1/s1.